The lowest BCUT2D eigenvalue weighted by Crippen LogP contribution is -2.48. The first kappa shape index (κ1) is 18.5. The molecule has 1 aliphatic carbocycles. The van der Waals surface area contributed by atoms with Gasteiger partial charge in [-0.2, -0.15) is 0 Å². The van der Waals surface area contributed by atoms with Gasteiger partial charge >= 0.3 is 0 Å². The number of benzene rings is 1. The van der Waals surface area contributed by atoms with E-state index in [1.165, 1.54) is 36.6 Å². The molecular weight excluding hydrogens is 356 g/mol. The fourth-order valence-electron chi connectivity index (χ4n) is 4.08. The van der Waals surface area contributed by atoms with E-state index in [9.17, 15) is 4.79 Å². The third-order valence-electron chi connectivity index (χ3n) is 5.68. The quantitative estimate of drug-likeness (QED) is 0.704. The molecular formula is C21H28N4OS. The van der Waals surface area contributed by atoms with Gasteiger partial charge in [0.15, 0.2) is 5.16 Å². The first-order valence-corrected chi connectivity index (χ1v) is 11.0. The largest absolute Gasteiger partial charge is 0.337 e. The second-order valence-electron chi connectivity index (χ2n) is 7.91. The van der Waals surface area contributed by atoms with Crippen molar-refractivity contribution in [3.63, 3.8) is 0 Å². The molecule has 2 aromatic rings. The SMILES string of the molecule is C[C@@H]1CCC[C@@H](C)N1C(=O)CSc1nnc(C2CC2)n1Cc1ccccc1. The van der Waals surface area contributed by atoms with Crippen LogP contribution in [0.4, 0.5) is 0 Å². The van der Waals surface area contributed by atoms with Gasteiger partial charge < -0.3 is 9.47 Å². The molecule has 0 radical (unpaired) electrons. The van der Waals surface area contributed by atoms with Crippen LogP contribution in [0, 0.1) is 0 Å². The van der Waals surface area contributed by atoms with Gasteiger partial charge in [-0.05, 0) is 51.5 Å². The highest BCUT2D eigenvalue weighted by atomic mass is 32.2. The second kappa shape index (κ2) is 8.05. The number of likely N-dealkylation sites (tertiary alicyclic amines) is 1. The number of amides is 1. The van der Waals surface area contributed by atoms with E-state index < -0.39 is 0 Å². The van der Waals surface area contributed by atoms with Crippen LogP contribution in [0.15, 0.2) is 35.5 Å². The van der Waals surface area contributed by atoms with Gasteiger partial charge in [-0.3, -0.25) is 4.79 Å². The Morgan fingerprint density at radius 3 is 2.44 bits per heavy atom. The van der Waals surface area contributed by atoms with Crippen molar-refractivity contribution in [2.45, 2.75) is 75.7 Å². The number of rotatable bonds is 6. The molecule has 1 aliphatic heterocycles. The number of aromatic nitrogens is 3. The van der Waals surface area contributed by atoms with Gasteiger partial charge in [-0.15, -0.1) is 10.2 Å². The first-order chi connectivity index (χ1) is 13.1. The summed E-state index contributed by atoms with van der Waals surface area (Å²) in [5.41, 5.74) is 1.24. The fraction of sp³-hybridized carbons (Fsp3) is 0.571. The van der Waals surface area contributed by atoms with E-state index in [2.05, 4.69) is 57.8 Å². The Morgan fingerprint density at radius 2 is 1.78 bits per heavy atom. The van der Waals surface area contributed by atoms with Crippen molar-refractivity contribution >= 4 is 17.7 Å². The topological polar surface area (TPSA) is 51.0 Å². The Morgan fingerprint density at radius 1 is 1.07 bits per heavy atom. The highest BCUT2D eigenvalue weighted by molar-refractivity contribution is 7.99. The van der Waals surface area contributed by atoms with Crippen LogP contribution in [-0.4, -0.2) is 43.4 Å². The molecule has 2 atom stereocenters. The number of carbonyl (C=O) groups is 1. The Labute approximate surface area is 165 Å². The summed E-state index contributed by atoms with van der Waals surface area (Å²) in [6, 6.07) is 11.1. The van der Waals surface area contributed by atoms with E-state index in [4.69, 9.17) is 0 Å². The third kappa shape index (κ3) is 4.21. The smallest absolute Gasteiger partial charge is 0.233 e. The number of piperidine rings is 1. The van der Waals surface area contributed by atoms with Crippen molar-refractivity contribution < 1.29 is 4.79 Å². The van der Waals surface area contributed by atoms with Crippen molar-refractivity contribution in [3.05, 3.63) is 41.7 Å². The Bertz CT molecular complexity index is 777. The van der Waals surface area contributed by atoms with Gasteiger partial charge in [0, 0.05) is 18.0 Å². The normalized spacial score (nSPS) is 22.8. The lowest BCUT2D eigenvalue weighted by molar-refractivity contribution is -0.134. The first-order valence-electron chi connectivity index (χ1n) is 10.0. The molecule has 1 aromatic carbocycles. The molecule has 1 amide bonds. The van der Waals surface area contributed by atoms with Crippen LogP contribution in [0.3, 0.4) is 0 Å². The molecule has 2 fully saturated rings. The molecule has 27 heavy (non-hydrogen) atoms. The number of nitrogens with zero attached hydrogens (tertiary/aromatic N) is 4. The van der Waals surface area contributed by atoms with Crippen LogP contribution in [0.25, 0.3) is 0 Å². The minimum atomic E-state index is 0.224. The van der Waals surface area contributed by atoms with E-state index in [1.807, 2.05) is 6.07 Å². The molecule has 144 valence electrons. The predicted octanol–water partition coefficient (Wildman–Crippen LogP) is 4.09. The highest BCUT2D eigenvalue weighted by Gasteiger charge is 2.32. The summed E-state index contributed by atoms with van der Waals surface area (Å²) in [6.07, 6.45) is 5.82. The van der Waals surface area contributed by atoms with Gasteiger partial charge in [0.05, 0.1) is 12.3 Å². The Kier molecular flexibility index (Phi) is 5.53. The van der Waals surface area contributed by atoms with E-state index in [0.29, 0.717) is 23.8 Å². The van der Waals surface area contributed by atoms with Gasteiger partial charge in [-0.25, -0.2) is 0 Å². The molecule has 1 aromatic heterocycles. The van der Waals surface area contributed by atoms with E-state index in [-0.39, 0.29) is 5.91 Å². The summed E-state index contributed by atoms with van der Waals surface area (Å²) in [5.74, 6) is 2.27. The zero-order valence-electron chi connectivity index (χ0n) is 16.2. The number of carbonyl (C=O) groups excluding carboxylic acids is 1. The van der Waals surface area contributed by atoms with Crippen LogP contribution >= 0.6 is 11.8 Å². The predicted molar refractivity (Wildman–Crippen MR) is 108 cm³/mol. The van der Waals surface area contributed by atoms with Crippen LogP contribution in [0.5, 0.6) is 0 Å². The van der Waals surface area contributed by atoms with Crippen molar-refractivity contribution in [3.8, 4) is 0 Å². The van der Waals surface area contributed by atoms with Crippen molar-refractivity contribution in [2.24, 2.45) is 0 Å². The van der Waals surface area contributed by atoms with Crippen molar-refractivity contribution in [1.82, 2.24) is 19.7 Å². The van der Waals surface area contributed by atoms with Gasteiger partial charge in [0.25, 0.3) is 0 Å². The number of hydrogen-bond donors (Lipinski definition) is 0. The Balaban J connectivity index is 1.48. The summed E-state index contributed by atoms with van der Waals surface area (Å²) in [4.78, 5) is 14.9. The van der Waals surface area contributed by atoms with Gasteiger partial charge in [-0.1, -0.05) is 42.1 Å². The molecule has 1 saturated carbocycles. The van der Waals surface area contributed by atoms with Gasteiger partial charge in [0.2, 0.25) is 5.91 Å². The van der Waals surface area contributed by atoms with Crippen molar-refractivity contribution in [1.29, 1.82) is 0 Å². The third-order valence-corrected chi connectivity index (χ3v) is 6.63. The summed E-state index contributed by atoms with van der Waals surface area (Å²) < 4.78 is 2.22. The summed E-state index contributed by atoms with van der Waals surface area (Å²) >= 11 is 1.54. The average Bonchev–Trinajstić information content (AvgIpc) is 3.43. The van der Waals surface area contributed by atoms with E-state index in [1.54, 1.807) is 0 Å². The van der Waals surface area contributed by atoms with Crippen LogP contribution < -0.4 is 0 Å². The summed E-state index contributed by atoms with van der Waals surface area (Å²) in [6.45, 7) is 5.11. The molecule has 2 aliphatic rings. The molecule has 0 unspecified atom stereocenters. The molecule has 4 rings (SSSR count). The molecule has 2 heterocycles. The van der Waals surface area contributed by atoms with Crippen molar-refractivity contribution in [2.75, 3.05) is 5.75 Å². The molecule has 1 saturated heterocycles. The lowest BCUT2D eigenvalue weighted by Gasteiger charge is -2.39. The number of hydrogen-bond acceptors (Lipinski definition) is 4. The monoisotopic (exact) mass is 384 g/mol. The Hall–Kier alpha value is -1.82. The maximum Gasteiger partial charge on any atom is 0.233 e. The molecule has 0 N–H and O–H groups in total. The zero-order valence-corrected chi connectivity index (χ0v) is 17.0. The molecule has 5 nitrogen and oxygen atoms in total. The van der Waals surface area contributed by atoms with E-state index in [0.717, 1.165) is 30.4 Å². The van der Waals surface area contributed by atoms with Gasteiger partial charge in [0.1, 0.15) is 5.82 Å². The van der Waals surface area contributed by atoms with E-state index >= 15 is 0 Å². The minimum absolute atomic E-state index is 0.224. The maximum atomic E-state index is 12.9. The summed E-state index contributed by atoms with van der Waals surface area (Å²) in [5, 5.41) is 9.76. The zero-order chi connectivity index (χ0) is 18.8. The van der Waals surface area contributed by atoms with Crippen LogP contribution in [-0.2, 0) is 11.3 Å². The van der Waals surface area contributed by atoms with Crippen LogP contribution in [0.2, 0.25) is 0 Å². The van der Waals surface area contributed by atoms with Crippen LogP contribution in [0.1, 0.15) is 63.3 Å². The molecule has 6 heteroatoms. The maximum absolute atomic E-state index is 12.9. The molecule has 0 bridgehead atoms. The highest BCUT2D eigenvalue weighted by Crippen LogP contribution is 2.40. The standard InChI is InChI=1S/C21H28N4OS/c1-15-7-6-8-16(2)25(15)19(26)14-27-21-23-22-20(18-11-12-18)24(21)13-17-9-4-3-5-10-17/h3-5,9-10,15-16,18H,6-8,11-14H2,1-2H3/t15-,16-/m1/s1. The number of thioether (sulfide) groups is 1. The lowest BCUT2D eigenvalue weighted by atomic mass is 9.98. The average molecular weight is 385 g/mol. The second-order valence-corrected chi connectivity index (χ2v) is 8.85. The molecule has 0 spiro atoms. The summed E-state index contributed by atoms with van der Waals surface area (Å²) in [7, 11) is 0. The fourth-order valence-corrected chi connectivity index (χ4v) is 4.89. The minimum Gasteiger partial charge on any atom is -0.337 e.